The molecule has 0 unspecified atom stereocenters. The lowest BCUT2D eigenvalue weighted by Crippen LogP contribution is -2.02. The molecule has 5 heteroatoms. The Bertz CT molecular complexity index is 646. The monoisotopic (exact) mass is 352 g/mol. The van der Waals surface area contributed by atoms with Gasteiger partial charge in [-0.25, -0.2) is 4.39 Å². The van der Waals surface area contributed by atoms with Crippen molar-refractivity contribution in [2.45, 2.75) is 20.3 Å². The highest BCUT2D eigenvalue weighted by atomic mass is 79.9. The lowest BCUT2D eigenvalue weighted by molar-refractivity contribution is 0.301. The zero-order valence-corrected chi connectivity index (χ0v) is 13.6. The van der Waals surface area contributed by atoms with Crippen molar-refractivity contribution in [2.75, 3.05) is 17.7 Å². The van der Waals surface area contributed by atoms with Gasteiger partial charge in [0.25, 0.3) is 0 Å². The summed E-state index contributed by atoms with van der Waals surface area (Å²) in [6.07, 6.45) is 0.816. The minimum absolute atomic E-state index is 0.205. The smallest absolute Gasteiger partial charge is 0.167 e. The summed E-state index contributed by atoms with van der Waals surface area (Å²) < 4.78 is 20.1. The molecule has 0 aliphatic rings. The highest BCUT2D eigenvalue weighted by Crippen LogP contribution is 2.33. The van der Waals surface area contributed by atoms with E-state index in [1.165, 1.54) is 6.07 Å². The fourth-order valence-electron chi connectivity index (χ4n) is 1.87. The van der Waals surface area contributed by atoms with Gasteiger partial charge < -0.3 is 15.8 Å². The summed E-state index contributed by atoms with van der Waals surface area (Å²) in [4.78, 5) is 0. The van der Waals surface area contributed by atoms with Crippen LogP contribution in [0.25, 0.3) is 0 Å². The second-order valence-corrected chi connectivity index (χ2v) is 5.68. The van der Waals surface area contributed by atoms with Crippen LogP contribution in [-0.2, 0) is 0 Å². The van der Waals surface area contributed by atoms with Crippen LogP contribution in [0.3, 0.4) is 0 Å². The van der Waals surface area contributed by atoms with Crippen molar-refractivity contribution in [2.24, 2.45) is 0 Å². The highest BCUT2D eigenvalue weighted by Gasteiger charge is 2.10. The molecule has 112 valence electrons. The Balaban J connectivity index is 2.30. The van der Waals surface area contributed by atoms with E-state index >= 15 is 0 Å². The quantitative estimate of drug-likeness (QED) is 0.743. The minimum atomic E-state index is -0.450. The Morgan fingerprint density at radius 2 is 2.00 bits per heavy atom. The summed E-state index contributed by atoms with van der Waals surface area (Å²) in [7, 11) is 0. The molecular formula is C16H18BrFN2O. The van der Waals surface area contributed by atoms with Crippen molar-refractivity contribution in [3.8, 4) is 5.75 Å². The lowest BCUT2D eigenvalue weighted by Gasteiger charge is -2.14. The average molecular weight is 353 g/mol. The fraction of sp³-hybridized carbons (Fsp3) is 0.250. The molecule has 3 nitrogen and oxygen atoms in total. The number of nitrogen functional groups attached to an aromatic ring is 1. The number of nitrogens with two attached hydrogens (primary N) is 1. The molecule has 2 aromatic rings. The van der Waals surface area contributed by atoms with Crippen LogP contribution in [0.2, 0.25) is 0 Å². The molecule has 0 radical (unpaired) electrons. The predicted octanol–water partition coefficient (Wildman–Crippen LogP) is 5.01. The van der Waals surface area contributed by atoms with Gasteiger partial charge in [0.2, 0.25) is 0 Å². The predicted molar refractivity (Wildman–Crippen MR) is 88.8 cm³/mol. The van der Waals surface area contributed by atoms with E-state index in [4.69, 9.17) is 10.5 Å². The third-order valence-corrected chi connectivity index (χ3v) is 3.62. The van der Waals surface area contributed by atoms with E-state index in [1.807, 2.05) is 32.0 Å². The van der Waals surface area contributed by atoms with Crippen molar-refractivity contribution in [3.63, 3.8) is 0 Å². The molecule has 0 spiro atoms. The minimum Gasteiger partial charge on any atom is -0.490 e. The van der Waals surface area contributed by atoms with E-state index in [0.29, 0.717) is 18.0 Å². The van der Waals surface area contributed by atoms with E-state index < -0.39 is 5.82 Å². The second-order valence-electron chi connectivity index (χ2n) is 4.83. The molecule has 2 rings (SSSR count). The molecule has 0 atom stereocenters. The standard InChI is InChI=1S/C16H18BrFN2O/c1-3-6-21-16-9-15(13(19)8-12(16)18)20-14-5-4-10(2)7-11(14)17/h4-5,7-9,20H,3,6,19H2,1-2H3. The van der Waals surface area contributed by atoms with Gasteiger partial charge in [0, 0.05) is 16.6 Å². The zero-order chi connectivity index (χ0) is 15.4. The van der Waals surface area contributed by atoms with Gasteiger partial charge >= 0.3 is 0 Å². The molecule has 0 saturated carbocycles. The van der Waals surface area contributed by atoms with Crippen LogP contribution in [0.5, 0.6) is 5.75 Å². The maximum absolute atomic E-state index is 13.8. The number of rotatable bonds is 5. The summed E-state index contributed by atoms with van der Waals surface area (Å²) in [5, 5.41) is 3.19. The molecule has 0 heterocycles. The first-order valence-electron chi connectivity index (χ1n) is 6.76. The van der Waals surface area contributed by atoms with Crippen LogP contribution in [-0.4, -0.2) is 6.61 Å². The van der Waals surface area contributed by atoms with E-state index in [-0.39, 0.29) is 5.75 Å². The number of benzene rings is 2. The first-order valence-corrected chi connectivity index (χ1v) is 7.55. The Morgan fingerprint density at radius 3 is 2.67 bits per heavy atom. The van der Waals surface area contributed by atoms with E-state index in [2.05, 4.69) is 21.2 Å². The number of ether oxygens (including phenoxy) is 1. The van der Waals surface area contributed by atoms with E-state index in [9.17, 15) is 4.39 Å². The molecule has 0 bridgehead atoms. The van der Waals surface area contributed by atoms with Crippen LogP contribution in [0.15, 0.2) is 34.8 Å². The first-order chi connectivity index (χ1) is 10.0. The number of aryl methyl sites for hydroxylation is 1. The Morgan fingerprint density at radius 1 is 1.24 bits per heavy atom. The molecule has 0 aromatic heterocycles. The average Bonchev–Trinajstić information content (AvgIpc) is 2.43. The molecule has 0 aliphatic heterocycles. The van der Waals surface area contributed by atoms with E-state index in [1.54, 1.807) is 6.07 Å². The fourth-order valence-corrected chi connectivity index (χ4v) is 2.46. The number of nitrogens with one attached hydrogen (secondary N) is 1. The summed E-state index contributed by atoms with van der Waals surface area (Å²) in [5.41, 5.74) is 8.83. The molecule has 2 aromatic carbocycles. The Hall–Kier alpha value is -1.75. The van der Waals surface area contributed by atoms with Crippen molar-refractivity contribution < 1.29 is 9.13 Å². The van der Waals surface area contributed by atoms with Gasteiger partial charge in [-0.15, -0.1) is 0 Å². The highest BCUT2D eigenvalue weighted by molar-refractivity contribution is 9.10. The van der Waals surface area contributed by atoms with Crippen LogP contribution < -0.4 is 15.8 Å². The topological polar surface area (TPSA) is 47.3 Å². The number of anilines is 3. The lowest BCUT2D eigenvalue weighted by atomic mass is 10.2. The van der Waals surface area contributed by atoms with Gasteiger partial charge in [0.15, 0.2) is 11.6 Å². The van der Waals surface area contributed by atoms with Crippen molar-refractivity contribution in [3.05, 3.63) is 46.2 Å². The van der Waals surface area contributed by atoms with Crippen LogP contribution in [0.4, 0.5) is 21.5 Å². The summed E-state index contributed by atoms with van der Waals surface area (Å²) >= 11 is 3.50. The van der Waals surface area contributed by atoms with Crippen molar-refractivity contribution >= 4 is 33.0 Å². The normalized spacial score (nSPS) is 10.5. The molecule has 0 saturated heterocycles. The van der Waals surface area contributed by atoms with E-state index in [0.717, 1.165) is 22.1 Å². The van der Waals surface area contributed by atoms with Crippen molar-refractivity contribution in [1.29, 1.82) is 0 Å². The first kappa shape index (κ1) is 15.6. The maximum atomic E-state index is 13.8. The Kier molecular flexibility index (Phi) is 5.07. The summed E-state index contributed by atoms with van der Waals surface area (Å²) in [6.45, 7) is 4.45. The summed E-state index contributed by atoms with van der Waals surface area (Å²) in [6, 6.07) is 8.79. The molecule has 0 fully saturated rings. The zero-order valence-electron chi connectivity index (χ0n) is 12.0. The molecule has 21 heavy (non-hydrogen) atoms. The maximum Gasteiger partial charge on any atom is 0.167 e. The third kappa shape index (κ3) is 3.88. The van der Waals surface area contributed by atoms with Gasteiger partial charge in [-0.3, -0.25) is 0 Å². The molecule has 0 aliphatic carbocycles. The number of hydrogen-bond acceptors (Lipinski definition) is 3. The van der Waals surface area contributed by atoms with Crippen LogP contribution >= 0.6 is 15.9 Å². The van der Waals surface area contributed by atoms with Gasteiger partial charge in [-0.05, 0) is 47.0 Å². The number of halogens is 2. The summed E-state index contributed by atoms with van der Waals surface area (Å²) in [5.74, 6) is -0.244. The van der Waals surface area contributed by atoms with Crippen molar-refractivity contribution in [1.82, 2.24) is 0 Å². The van der Waals surface area contributed by atoms with Crippen LogP contribution in [0.1, 0.15) is 18.9 Å². The SMILES string of the molecule is CCCOc1cc(Nc2ccc(C)cc2Br)c(N)cc1F. The molecular weight excluding hydrogens is 335 g/mol. The number of hydrogen-bond donors (Lipinski definition) is 2. The van der Waals surface area contributed by atoms with Gasteiger partial charge in [-0.2, -0.15) is 0 Å². The van der Waals surface area contributed by atoms with Gasteiger partial charge in [-0.1, -0.05) is 13.0 Å². The largest absolute Gasteiger partial charge is 0.490 e. The van der Waals surface area contributed by atoms with Gasteiger partial charge in [0.1, 0.15) is 0 Å². The molecule has 3 N–H and O–H groups in total. The third-order valence-electron chi connectivity index (χ3n) is 2.96. The van der Waals surface area contributed by atoms with Gasteiger partial charge in [0.05, 0.1) is 23.7 Å². The second kappa shape index (κ2) is 6.80. The molecule has 0 amide bonds. The Labute approximate surface area is 132 Å². The van der Waals surface area contributed by atoms with Crippen LogP contribution in [0, 0.1) is 12.7 Å².